The Kier molecular flexibility index (Phi) is 9.47. The molecule has 0 aliphatic heterocycles. The summed E-state index contributed by atoms with van der Waals surface area (Å²) in [7, 11) is 0. The summed E-state index contributed by atoms with van der Waals surface area (Å²) in [4.78, 5) is 26.2. The lowest BCUT2D eigenvalue weighted by Crippen LogP contribution is -2.66. The van der Waals surface area contributed by atoms with Gasteiger partial charge >= 0.3 is 12.1 Å². The fourth-order valence-corrected chi connectivity index (χ4v) is 10.7. The Morgan fingerprint density at radius 3 is 2.18 bits per heavy atom. The van der Waals surface area contributed by atoms with Crippen LogP contribution in [0.15, 0.2) is 11.1 Å². The number of aliphatic hydroxyl groups is 4. The summed E-state index contributed by atoms with van der Waals surface area (Å²) in [5.74, 6) is -1.11. The lowest BCUT2D eigenvalue weighted by Gasteiger charge is -2.67. The minimum absolute atomic E-state index is 0.0628. The van der Waals surface area contributed by atoms with Gasteiger partial charge in [0.15, 0.2) is 6.10 Å². The van der Waals surface area contributed by atoms with Crippen LogP contribution in [0.3, 0.4) is 0 Å². The molecular formula is C36H61NO8. The van der Waals surface area contributed by atoms with Gasteiger partial charge in [0.1, 0.15) is 11.7 Å². The Hall–Kier alpha value is -1.68. The maximum absolute atomic E-state index is 13.6. The van der Waals surface area contributed by atoms with Crippen LogP contribution in [-0.2, 0) is 14.3 Å². The second kappa shape index (κ2) is 11.8. The molecule has 0 bridgehead atoms. The van der Waals surface area contributed by atoms with E-state index in [0.717, 1.165) is 24.0 Å². The van der Waals surface area contributed by atoms with Crippen molar-refractivity contribution in [2.75, 3.05) is 0 Å². The third kappa shape index (κ3) is 5.76. The standard InChI is InChI=1S/C36H61NO8/c1-18(2)15-23(37-31(42)45-32(6,7)8)27(39)30(41)44-24-17-36(33(9,10)43)21(5)28-34(11)14-13-22(34)16-25(38)35(28,12)29(40)20(4)26(36)19(24)3/h18,20-25,27-29,38-40,43H,13-17H2,1-12H3,(H,37,42)/t20-,21-,22+,23-,24-,25-,27?,28+,29-,34+,35+,36+/m0/s1. The molecule has 9 heteroatoms. The van der Waals surface area contributed by atoms with Gasteiger partial charge in [-0.1, -0.05) is 47.1 Å². The van der Waals surface area contributed by atoms with Crippen molar-refractivity contribution < 1.29 is 39.5 Å². The van der Waals surface area contributed by atoms with Crippen molar-refractivity contribution in [2.24, 2.45) is 45.8 Å². The number of hydrogen-bond donors (Lipinski definition) is 5. The van der Waals surface area contributed by atoms with E-state index >= 15 is 0 Å². The van der Waals surface area contributed by atoms with E-state index in [0.29, 0.717) is 25.2 Å². The molecule has 1 amide bonds. The fraction of sp³-hybridized carbons (Fsp3) is 0.889. The molecule has 12 atom stereocenters. The number of ether oxygens (including phenoxy) is 2. The largest absolute Gasteiger partial charge is 0.456 e. The fourth-order valence-electron chi connectivity index (χ4n) is 10.7. The first-order valence-corrected chi connectivity index (χ1v) is 17.1. The maximum atomic E-state index is 13.6. The van der Waals surface area contributed by atoms with E-state index < -0.39 is 70.5 Å². The van der Waals surface area contributed by atoms with Crippen molar-refractivity contribution >= 4 is 12.1 Å². The lowest BCUT2D eigenvalue weighted by molar-refractivity contribution is -0.242. The zero-order valence-electron chi connectivity index (χ0n) is 29.7. The molecule has 5 N–H and O–H groups in total. The predicted octanol–water partition coefficient (Wildman–Crippen LogP) is 5.13. The number of carbonyl (C=O) groups is 2. The van der Waals surface area contributed by atoms with E-state index in [4.69, 9.17) is 9.47 Å². The van der Waals surface area contributed by atoms with Crippen molar-refractivity contribution in [3.8, 4) is 0 Å². The molecule has 9 nitrogen and oxygen atoms in total. The molecule has 0 aromatic rings. The van der Waals surface area contributed by atoms with Gasteiger partial charge in [-0.3, -0.25) is 0 Å². The number of fused-ring (bicyclic) bond motifs is 4. The third-order valence-corrected chi connectivity index (χ3v) is 12.7. The lowest BCUT2D eigenvalue weighted by atomic mass is 9.38. The van der Waals surface area contributed by atoms with E-state index in [1.807, 2.05) is 34.6 Å². The average Bonchev–Trinajstić information content (AvgIpc) is 3.16. The quantitative estimate of drug-likeness (QED) is 0.191. The van der Waals surface area contributed by atoms with Gasteiger partial charge in [0.05, 0.1) is 23.9 Å². The van der Waals surface area contributed by atoms with Crippen LogP contribution in [-0.4, -0.2) is 74.1 Å². The van der Waals surface area contributed by atoms with Crippen LogP contribution in [0.1, 0.15) is 115 Å². The summed E-state index contributed by atoms with van der Waals surface area (Å²) in [5.41, 5.74) is -2.08. The Morgan fingerprint density at radius 1 is 1.09 bits per heavy atom. The molecule has 45 heavy (non-hydrogen) atoms. The number of aliphatic hydroxyl groups excluding tert-OH is 3. The Morgan fingerprint density at radius 2 is 1.69 bits per heavy atom. The maximum Gasteiger partial charge on any atom is 0.407 e. The van der Waals surface area contributed by atoms with Gasteiger partial charge in [-0.15, -0.1) is 0 Å². The van der Waals surface area contributed by atoms with Gasteiger partial charge in [-0.2, -0.15) is 0 Å². The average molecular weight is 636 g/mol. The molecule has 3 fully saturated rings. The molecule has 0 aromatic heterocycles. The van der Waals surface area contributed by atoms with Gasteiger partial charge < -0.3 is 35.2 Å². The van der Waals surface area contributed by atoms with E-state index in [2.05, 4.69) is 19.2 Å². The third-order valence-electron chi connectivity index (χ3n) is 12.7. The van der Waals surface area contributed by atoms with Crippen LogP contribution in [0, 0.1) is 45.8 Å². The number of hydrogen-bond acceptors (Lipinski definition) is 8. The Labute approximate surface area is 270 Å². The second-order valence-electron chi connectivity index (χ2n) is 17.4. The number of nitrogens with one attached hydrogen (secondary N) is 1. The molecule has 0 radical (unpaired) electrons. The number of amides is 1. The van der Waals surface area contributed by atoms with E-state index in [1.165, 1.54) is 0 Å². The molecule has 0 saturated heterocycles. The molecule has 1 unspecified atom stereocenters. The van der Waals surface area contributed by atoms with E-state index in [9.17, 15) is 30.0 Å². The normalized spacial score (nSPS) is 41.2. The highest BCUT2D eigenvalue weighted by Crippen LogP contribution is 2.74. The van der Waals surface area contributed by atoms with Crippen LogP contribution in [0.4, 0.5) is 4.79 Å². The van der Waals surface area contributed by atoms with Crippen LogP contribution < -0.4 is 5.32 Å². The summed E-state index contributed by atoms with van der Waals surface area (Å²) in [6.45, 7) is 23.1. The van der Waals surface area contributed by atoms with Gasteiger partial charge in [0.25, 0.3) is 0 Å². The highest BCUT2D eigenvalue weighted by molar-refractivity contribution is 5.77. The molecule has 258 valence electrons. The monoisotopic (exact) mass is 635 g/mol. The first kappa shape index (κ1) is 36.2. The molecule has 0 aromatic carbocycles. The van der Waals surface area contributed by atoms with Crippen LogP contribution in [0.5, 0.6) is 0 Å². The highest BCUT2D eigenvalue weighted by Gasteiger charge is 2.72. The summed E-state index contributed by atoms with van der Waals surface area (Å²) < 4.78 is 11.5. The first-order chi connectivity index (χ1) is 20.4. The zero-order valence-corrected chi connectivity index (χ0v) is 29.7. The molecule has 0 heterocycles. The molecular weight excluding hydrogens is 574 g/mol. The number of esters is 1. The summed E-state index contributed by atoms with van der Waals surface area (Å²) in [6, 6.07) is -0.921. The summed E-state index contributed by atoms with van der Waals surface area (Å²) in [6.07, 6.45) is -1.30. The number of carbonyl (C=O) groups excluding carboxylic acids is 2. The van der Waals surface area contributed by atoms with E-state index in [-0.39, 0.29) is 23.2 Å². The molecule has 4 aliphatic rings. The minimum atomic E-state index is -1.63. The number of alkyl carbamates (subject to hydrolysis) is 1. The molecule has 4 aliphatic carbocycles. The van der Waals surface area contributed by atoms with Crippen molar-refractivity contribution in [2.45, 2.75) is 157 Å². The number of rotatable bonds is 7. The zero-order chi connectivity index (χ0) is 34.2. The van der Waals surface area contributed by atoms with Crippen LogP contribution in [0.2, 0.25) is 0 Å². The van der Waals surface area contributed by atoms with Crippen molar-refractivity contribution in [3.05, 3.63) is 11.1 Å². The van der Waals surface area contributed by atoms with E-state index in [1.54, 1.807) is 34.6 Å². The Bertz CT molecular complexity index is 1180. The van der Waals surface area contributed by atoms with Crippen molar-refractivity contribution in [1.29, 1.82) is 0 Å². The van der Waals surface area contributed by atoms with Gasteiger partial charge in [0, 0.05) is 23.2 Å². The first-order valence-electron chi connectivity index (χ1n) is 17.1. The topological polar surface area (TPSA) is 146 Å². The smallest absolute Gasteiger partial charge is 0.407 e. The summed E-state index contributed by atoms with van der Waals surface area (Å²) in [5, 5.41) is 49.9. The highest BCUT2D eigenvalue weighted by atomic mass is 16.6. The van der Waals surface area contributed by atoms with Crippen molar-refractivity contribution in [1.82, 2.24) is 5.32 Å². The minimum Gasteiger partial charge on any atom is -0.456 e. The van der Waals surface area contributed by atoms with Gasteiger partial charge in [0.2, 0.25) is 0 Å². The van der Waals surface area contributed by atoms with Gasteiger partial charge in [-0.25, -0.2) is 9.59 Å². The second-order valence-corrected chi connectivity index (χ2v) is 17.4. The summed E-state index contributed by atoms with van der Waals surface area (Å²) >= 11 is 0. The van der Waals surface area contributed by atoms with Gasteiger partial charge in [-0.05, 0) is 102 Å². The van der Waals surface area contributed by atoms with Crippen LogP contribution >= 0.6 is 0 Å². The predicted molar refractivity (Wildman–Crippen MR) is 172 cm³/mol. The van der Waals surface area contributed by atoms with Crippen LogP contribution in [0.25, 0.3) is 0 Å². The SMILES string of the molecule is CC1=C2[C@H](C)[C@H](O)[C@@]3(C)[C@H]([C@H](C)[C@]2(C(C)(C)O)C[C@@H]1OC(=O)C(O)[C@H](CC(C)C)NC(=O)OC(C)(C)C)[C@]1(C)CC[C@@H]1C[C@@H]3O. The molecule has 4 rings (SSSR count). The Balaban J connectivity index is 1.71. The molecule has 3 saturated carbocycles. The van der Waals surface area contributed by atoms with Crippen molar-refractivity contribution in [3.63, 3.8) is 0 Å². The molecule has 0 spiro atoms.